The van der Waals surface area contributed by atoms with Crippen LogP contribution in [-0.4, -0.2) is 7.05 Å². The van der Waals surface area contributed by atoms with Gasteiger partial charge in [-0.25, -0.2) is 0 Å². The highest BCUT2D eigenvalue weighted by Crippen LogP contribution is 2.28. The molecule has 0 unspecified atom stereocenters. The molecule has 2 aromatic rings. The van der Waals surface area contributed by atoms with Crippen LogP contribution in [0.3, 0.4) is 0 Å². The van der Waals surface area contributed by atoms with Crippen molar-refractivity contribution in [2.24, 2.45) is 0 Å². The Hall–Kier alpha value is -1.47. The number of rotatable bonds is 3. The van der Waals surface area contributed by atoms with Crippen molar-refractivity contribution in [1.29, 1.82) is 0 Å². The Morgan fingerprint density at radius 2 is 1.72 bits per heavy atom. The molecule has 0 N–H and O–H groups in total. The second-order valence-electron chi connectivity index (χ2n) is 4.59. The van der Waals surface area contributed by atoms with Gasteiger partial charge < -0.3 is 4.90 Å². The number of para-hydroxylation sites is 1. The minimum atomic E-state index is 0.570. The van der Waals surface area contributed by atoms with Gasteiger partial charge >= 0.3 is 0 Å². The van der Waals surface area contributed by atoms with Gasteiger partial charge in [0.1, 0.15) is 0 Å². The molecule has 0 aromatic heterocycles. The van der Waals surface area contributed by atoms with Gasteiger partial charge in [0.2, 0.25) is 0 Å². The molecule has 94 valence electrons. The molecule has 0 atom stereocenters. The van der Waals surface area contributed by atoms with Gasteiger partial charge in [-0.3, -0.25) is 0 Å². The summed E-state index contributed by atoms with van der Waals surface area (Å²) in [4.78, 5) is 2.21. The van der Waals surface area contributed by atoms with Crippen molar-refractivity contribution in [3.8, 4) is 0 Å². The average Bonchev–Trinajstić information content (AvgIpc) is 2.38. The van der Waals surface area contributed by atoms with Gasteiger partial charge in [-0.05, 0) is 48.7 Å². The molecule has 18 heavy (non-hydrogen) atoms. The van der Waals surface area contributed by atoms with E-state index in [9.17, 15) is 0 Å². The highest BCUT2D eigenvalue weighted by Gasteiger charge is 2.07. The molecule has 0 saturated carbocycles. The molecule has 0 bridgehead atoms. The van der Waals surface area contributed by atoms with E-state index in [1.807, 2.05) is 0 Å². The smallest absolute Gasteiger partial charge is 0.0476 e. The van der Waals surface area contributed by atoms with E-state index >= 15 is 0 Å². The minimum absolute atomic E-state index is 0.570. The van der Waals surface area contributed by atoms with E-state index in [2.05, 4.69) is 68.3 Å². The number of anilines is 2. The predicted molar refractivity (Wildman–Crippen MR) is 80.0 cm³/mol. The summed E-state index contributed by atoms with van der Waals surface area (Å²) in [5, 5.41) is 0. The Morgan fingerprint density at radius 3 is 2.33 bits per heavy atom. The molecule has 2 rings (SSSR count). The maximum absolute atomic E-state index is 5.89. The Kier molecular flexibility index (Phi) is 3.93. The fraction of sp³-hybridized carbons (Fsp3) is 0.250. The first-order valence-corrected chi connectivity index (χ1v) is 6.62. The molecule has 1 nitrogen and oxygen atoms in total. The normalized spacial score (nSPS) is 10.4. The lowest BCUT2D eigenvalue weighted by Crippen LogP contribution is -2.11. The summed E-state index contributed by atoms with van der Waals surface area (Å²) < 4.78 is 0. The number of hydrogen-bond acceptors (Lipinski definition) is 1. The van der Waals surface area contributed by atoms with Crippen LogP contribution in [0.25, 0.3) is 0 Å². The zero-order valence-electron chi connectivity index (χ0n) is 11.1. The summed E-state index contributed by atoms with van der Waals surface area (Å²) in [5.41, 5.74) is 6.13. The van der Waals surface area contributed by atoms with Crippen molar-refractivity contribution in [2.45, 2.75) is 19.7 Å². The molecule has 0 aliphatic rings. The summed E-state index contributed by atoms with van der Waals surface area (Å²) in [7, 11) is 2.09. The van der Waals surface area contributed by atoms with Gasteiger partial charge in [-0.15, -0.1) is 11.6 Å². The number of nitrogens with zero attached hydrogens (tertiary/aromatic N) is 1. The minimum Gasteiger partial charge on any atom is -0.344 e. The Bertz CT molecular complexity index is 549. The van der Waals surface area contributed by atoms with Crippen LogP contribution in [-0.2, 0) is 5.88 Å². The van der Waals surface area contributed by atoms with Crippen LogP contribution in [0.1, 0.15) is 16.7 Å². The summed E-state index contributed by atoms with van der Waals surface area (Å²) in [6.07, 6.45) is 0. The zero-order chi connectivity index (χ0) is 13.1. The lowest BCUT2D eigenvalue weighted by molar-refractivity contribution is 1.17. The van der Waals surface area contributed by atoms with E-state index in [4.69, 9.17) is 11.6 Å². The van der Waals surface area contributed by atoms with Crippen LogP contribution in [0.5, 0.6) is 0 Å². The molecule has 2 aromatic carbocycles. The quantitative estimate of drug-likeness (QED) is 0.715. The van der Waals surface area contributed by atoms with E-state index in [0.717, 1.165) is 0 Å². The van der Waals surface area contributed by atoms with Crippen molar-refractivity contribution in [2.75, 3.05) is 11.9 Å². The molecule has 0 aliphatic heterocycles. The number of alkyl halides is 1. The van der Waals surface area contributed by atoms with Gasteiger partial charge in [0.15, 0.2) is 0 Å². The highest BCUT2D eigenvalue weighted by atomic mass is 35.5. The molecule has 0 aliphatic carbocycles. The van der Waals surface area contributed by atoms with Crippen molar-refractivity contribution in [3.63, 3.8) is 0 Å². The first-order chi connectivity index (χ1) is 8.63. The van der Waals surface area contributed by atoms with Gasteiger partial charge in [-0.2, -0.15) is 0 Å². The van der Waals surface area contributed by atoms with E-state index in [1.54, 1.807) is 0 Å². The fourth-order valence-corrected chi connectivity index (χ4v) is 2.42. The number of benzene rings is 2. The molecule has 2 heteroatoms. The second kappa shape index (κ2) is 5.45. The molecule has 0 spiro atoms. The van der Waals surface area contributed by atoms with Crippen LogP contribution < -0.4 is 4.90 Å². The van der Waals surface area contributed by atoms with Crippen molar-refractivity contribution < 1.29 is 0 Å². The standard InChI is InChI=1S/C16H18ClN/c1-12-6-4-5-7-16(12)18(3)15-9-8-14(11-17)13(2)10-15/h4-10H,11H2,1-3H3. The van der Waals surface area contributed by atoms with E-state index in [-0.39, 0.29) is 0 Å². The largest absolute Gasteiger partial charge is 0.344 e. The highest BCUT2D eigenvalue weighted by molar-refractivity contribution is 6.17. The van der Waals surface area contributed by atoms with Gasteiger partial charge in [0.05, 0.1) is 0 Å². The zero-order valence-corrected chi connectivity index (χ0v) is 11.8. The molecule has 0 fully saturated rings. The predicted octanol–water partition coefficient (Wildman–Crippen LogP) is 4.81. The monoisotopic (exact) mass is 259 g/mol. The Morgan fingerprint density at radius 1 is 1.00 bits per heavy atom. The van der Waals surface area contributed by atoms with E-state index in [0.29, 0.717) is 5.88 Å². The third kappa shape index (κ3) is 2.51. The van der Waals surface area contributed by atoms with Gasteiger partial charge in [-0.1, -0.05) is 24.3 Å². The Labute approximate surface area is 114 Å². The van der Waals surface area contributed by atoms with Gasteiger partial charge in [0, 0.05) is 24.3 Å². The molecule has 0 radical (unpaired) electrons. The summed E-state index contributed by atoms with van der Waals surface area (Å²) >= 11 is 5.89. The van der Waals surface area contributed by atoms with Gasteiger partial charge in [0.25, 0.3) is 0 Å². The van der Waals surface area contributed by atoms with Crippen LogP contribution in [0, 0.1) is 13.8 Å². The third-order valence-electron chi connectivity index (χ3n) is 3.33. The second-order valence-corrected chi connectivity index (χ2v) is 4.86. The number of hydrogen-bond donors (Lipinski definition) is 0. The van der Waals surface area contributed by atoms with Crippen molar-refractivity contribution in [3.05, 3.63) is 59.2 Å². The SMILES string of the molecule is Cc1cc(N(C)c2ccccc2C)ccc1CCl. The summed E-state index contributed by atoms with van der Waals surface area (Å²) in [6, 6.07) is 14.8. The van der Waals surface area contributed by atoms with Crippen LogP contribution in [0.15, 0.2) is 42.5 Å². The number of halogens is 1. The van der Waals surface area contributed by atoms with Crippen LogP contribution >= 0.6 is 11.6 Å². The van der Waals surface area contributed by atoms with Crippen molar-refractivity contribution >= 4 is 23.0 Å². The lowest BCUT2D eigenvalue weighted by Gasteiger charge is -2.22. The summed E-state index contributed by atoms with van der Waals surface area (Å²) in [5.74, 6) is 0.570. The topological polar surface area (TPSA) is 3.24 Å². The summed E-state index contributed by atoms with van der Waals surface area (Å²) in [6.45, 7) is 4.23. The average molecular weight is 260 g/mol. The fourth-order valence-electron chi connectivity index (χ4n) is 2.12. The van der Waals surface area contributed by atoms with E-state index < -0.39 is 0 Å². The lowest BCUT2D eigenvalue weighted by atomic mass is 10.1. The number of aryl methyl sites for hydroxylation is 2. The maximum Gasteiger partial charge on any atom is 0.0476 e. The molecular formula is C16H18ClN. The first kappa shape index (κ1) is 13.0. The molecule has 0 saturated heterocycles. The van der Waals surface area contributed by atoms with E-state index in [1.165, 1.54) is 28.1 Å². The van der Waals surface area contributed by atoms with Crippen LogP contribution in [0.2, 0.25) is 0 Å². The molecule has 0 heterocycles. The first-order valence-electron chi connectivity index (χ1n) is 6.08. The molecular weight excluding hydrogens is 242 g/mol. The molecule has 0 amide bonds. The van der Waals surface area contributed by atoms with Crippen LogP contribution in [0.4, 0.5) is 11.4 Å². The Balaban J connectivity index is 2.37. The van der Waals surface area contributed by atoms with Crippen molar-refractivity contribution in [1.82, 2.24) is 0 Å². The maximum atomic E-state index is 5.89. The third-order valence-corrected chi connectivity index (χ3v) is 3.62.